The maximum atomic E-state index is 12.5. The topological polar surface area (TPSA) is 46.3 Å². The number of nitrogens with zero attached hydrogens (tertiary/aromatic N) is 1. The normalized spacial score (nSPS) is 12.1. The quantitative estimate of drug-likeness (QED) is 0.607. The molecule has 0 aromatic heterocycles. The molecule has 6 heteroatoms. The third kappa shape index (κ3) is 4.38. The molecule has 0 spiro atoms. The van der Waals surface area contributed by atoms with Crippen molar-refractivity contribution in [3.05, 3.63) is 48.5 Å². The molecule has 0 fully saturated rings. The minimum atomic E-state index is -1.21. The Morgan fingerprint density at radius 2 is 1.32 bits per heavy atom. The van der Waals surface area contributed by atoms with Crippen molar-refractivity contribution in [1.29, 1.82) is 0 Å². The summed E-state index contributed by atoms with van der Waals surface area (Å²) in [5.74, 6) is 1.08. The van der Waals surface area contributed by atoms with Gasteiger partial charge in [0.15, 0.2) is 0 Å². The number of alkyl halides is 2. The molecule has 118 valence electrons. The predicted molar refractivity (Wildman–Crippen MR) is 95.6 cm³/mol. The Bertz CT molecular complexity index is 611. The summed E-state index contributed by atoms with van der Waals surface area (Å²) in [5, 5.41) is 0. The van der Waals surface area contributed by atoms with E-state index in [0.717, 1.165) is 28.6 Å². The highest BCUT2D eigenvalue weighted by molar-refractivity contribution is 7.85. The van der Waals surface area contributed by atoms with E-state index in [4.69, 9.17) is 28.9 Å². The van der Waals surface area contributed by atoms with E-state index in [0.29, 0.717) is 17.4 Å². The monoisotopic (exact) mass is 356 g/mol. The molecule has 2 aromatic carbocycles. The van der Waals surface area contributed by atoms with E-state index in [1.165, 1.54) is 0 Å². The molecule has 0 bridgehead atoms. The summed E-state index contributed by atoms with van der Waals surface area (Å²) >= 11 is 11.6. The zero-order valence-corrected chi connectivity index (χ0v) is 14.4. The summed E-state index contributed by atoms with van der Waals surface area (Å²) in [6.07, 6.45) is 0. The van der Waals surface area contributed by atoms with Crippen LogP contribution in [0.4, 0.5) is 11.4 Å². The van der Waals surface area contributed by atoms with E-state index >= 15 is 0 Å². The number of anilines is 2. The molecule has 2 N–H and O–H groups in total. The van der Waals surface area contributed by atoms with Gasteiger partial charge in [-0.3, -0.25) is 0 Å². The van der Waals surface area contributed by atoms with E-state index in [9.17, 15) is 4.21 Å². The molecule has 0 radical (unpaired) electrons. The Morgan fingerprint density at radius 1 is 0.864 bits per heavy atom. The number of nitrogen functional groups attached to an aromatic ring is 1. The van der Waals surface area contributed by atoms with Gasteiger partial charge in [0, 0.05) is 46.0 Å². The fourth-order valence-corrected chi connectivity index (χ4v) is 3.53. The Balaban J connectivity index is 2.17. The molecule has 0 aliphatic rings. The highest BCUT2D eigenvalue weighted by Gasteiger charge is 2.09. The summed E-state index contributed by atoms with van der Waals surface area (Å²) in [5.41, 5.74) is 7.34. The highest BCUT2D eigenvalue weighted by atomic mass is 35.5. The first-order chi connectivity index (χ1) is 10.7. The highest BCUT2D eigenvalue weighted by Crippen LogP contribution is 2.21. The van der Waals surface area contributed by atoms with Gasteiger partial charge in [-0.2, -0.15) is 0 Å². The first-order valence-electron chi connectivity index (χ1n) is 6.90. The minimum Gasteiger partial charge on any atom is -0.399 e. The average Bonchev–Trinajstić information content (AvgIpc) is 2.55. The van der Waals surface area contributed by atoms with Gasteiger partial charge in [0.05, 0.1) is 10.8 Å². The molecule has 0 amide bonds. The number of hydrogen-bond acceptors (Lipinski definition) is 3. The number of halogens is 2. The van der Waals surface area contributed by atoms with Gasteiger partial charge >= 0.3 is 0 Å². The zero-order chi connectivity index (χ0) is 15.9. The van der Waals surface area contributed by atoms with Gasteiger partial charge < -0.3 is 10.6 Å². The van der Waals surface area contributed by atoms with Gasteiger partial charge in [-0.15, -0.1) is 23.2 Å². The first-order valence-corrected chi connectivity index (χ1v) is 9.12. The molecule has 0 aliphatic carbocycles. The fraction of sp³-hybridized carbons (Fsp3) is 0.250. The van der Waals surface area contributed by atoms with Crippen LogP contribution in [0.2, 0.25) is 0 Å². The molecule has 0 unspecified atom stereocenters. The van der Waals surface area contributed by atoms with Gasteiger partial charge in [-0.25, -0.2) is 4.21 Å². The molecule has 0 saturated heterocycles. The van der Waals surface area contributed by atoms with Crippen LogP contribution in [0.5, 0.6) is 0 Å². The van der Waals surface area contributed by atoms with Crippen LogP contribution < -0.4 is 10.6 Å². The molecule has 0 saturated carbocycles. The lowest BCUT2D eigenvalue weighted by Gasteiger charge is -2.22. The van der Waals surface area contributed by atoms with Gasteiger partial charge in [-0.1, -0.05) is 0 Å². The van der Waals surface area contributed by atoms with Crippen LogP contribution in [0.15, 0.2) is 58.3 Å². The van der Waals surface area contributed by atoms with Crippen molar-refractivity contribution in [2.24, 2.45) is 0 Å². The van der Waals surface area contributed by atoms with Gasteiger partial charge in [0.1, 0.15) is 0 Å². The van der Waals surface area contributed by atoms with Crippen molar-refractivity contribution in [2.75, 3.05) is 35.5 Å². The van der Waals surface area contributed by atoms with Crippen LogP contribution in [-0.2, 0) is 10.8 Å². The average molecular weight is 357 g/mol. The van der Waals surface area contributed by atoms with Crippen LogP contribution in [0.25, 0.3) is 0 Å². The van der Waals surface area contributed by atoms with Gasteiger partial charge in [-0.05, 0) is 48.5 Å². The second-order valence-corrected chi connectivity index (χ2v) is 6.93. The summed E-state index contributed by atoms with van der Waals surface area (Å²) in [6.45, 7) is 1.46. The third-order valence-electron chi connectivity index (χ3n) is 3.22. The van der Waals surface area contributed by atoms with Gasteiger partial charge in [0.2, 0.25) is 0 Å². The molecule has 0 heterocycles. The zero-order valence-electron chi connectivity index (χ0n) is 12.0. The molecule has 2 aromatic rings. The van der Waals surface area contributed by atoms with Crippen molar-refractivity contribution < 1.29 is 4.21 Å². The number of hydrogen-bond donors (Lipinski definition) is 1. The lowest BCUT2D eigenvalue weighted by atomic mass is 10.3. The molecular formula is C16H18Cl2N2OS. The minimum absolute atomic E-state index is 0.538. The summed E-state index contributed by atoms with van der Waals surface area (Å²) < 4.78 is 12.5. The lowest BCUT2D eigenvalue weighted by molar-refractivity contribution is 0.683. The van der Waals surface area contributed by atoms with Crippen molar-refractivity contribution in [3.63, 3.8) is 0 Å². The van der Waals surface area contributed by atoms with E-state index in [2.05, 4.69) is 4.90 Å². The van der Waals surface area contributed by atoms with Crippen LogP contribution in [0, 0.1) is 0 Å². The molecule has 1 atom stereocenters. The number of nitrogens with two attached hydrogens (primary N) is 1. The lowest BCUT2D eigenvalue weighted by Crippen LogP contribution is -2.27. The van der Waals surface area contributed by atoms with Crippen LogP contribution in [0.1, 0.15) is 0 Å². The Kier molecular flexibility index (Phi) is 6.55. The van der Waals surface area contributed by atoms with Crippen LogP contribution in [0.3, 0.4) is 0 Å². The van der Waals surface area contributed by atoms with Crippen LogP contribution >= 0.6 is 23.2 Å². The van der Waals surface area contributed by atoms with E-state index in [-0.39, 0.29) is 0 Å². The maximum Gasteiger partial charge on any atom is 0.0849 e. The molecule has 3 nitrogen and oxygen atoms in total. The summed E-state index contributed by atoms with van der Waals surface area (Å²) in [6, 6.07) is 14.7. The maximum absolute atomic E-state index is 12.5. The molecule has 22 heavy (non-hydrogen) atoms. The predicted octanol–water partition coefficient (Wildman–Crippen LogP) is 3.72. The van der Waals surface area contributed by atoms with E-state index < -0.39 is 10.8 Å². The smallest absolute Gasteiger partial charge is 0.0849 e. The molecular weight excluding hydrogens is 339 g/mol. The third-order valence-corrected chi connectivity index (χ3v) is 4.96. The number of rotatable bonds is 7. The second kappa shape index (κ2) is 8.42. The van der Waals surface area contributed by atoms with Crippen molar-refractivity contribution in [3.8, 4) is 0 Å². The standard InChI is InChI=1S/C16H18Cl2N2OS/c17-9-11-20(12-10-18)14-3-7-16(8-4-14)22(21)15-5-1-13(19)2-6-15/h1-8H,9-12,19H2/t22-/m0/s1. The van der Waals surface area contributed by atoms with Crippen molar-refractivity contribution >= 4 is 45.4 Å². The Labute approximate surface area is 143 Å². The van der Waals surface area contributed by atoms with Crippen molar-refractivity contribution in [1.82, 2.24) is 0 Å². The Hall–Kier alpha value is -1.23. The molecule has 2 rings (SSSR count). The second-order valence-electron chi connectivity index (χ2n) is 4.70. The summed E-state index contributed by atoms with van der Waals surface area (Å²) in [4.78, 5) is 3.60. The van der Waals surface area contributed by atoms with Crippen LogP contribution in [-0.4, -0.2) is 29.1 Å². The number of benzene rings is 2. The Morgan fingerprint density at radius 3 is 1.77 bits per heavy atom. The summed E-state index contributed by atoms with van der Waals surface area (Å²) in [7, 11) is -1.21. The van der Waals surface area contributed by atoms with E-state index in [1.54, 1.807) is 24.3 Å². The van der Waals surface area contributed by atoms with E-state index in [1.807, 2.05) is 24.3 Å². The first kappa shape index (κ1) is 17.1. The molecule has 0 aliphatic heterocycles. The SMILES string of the molecule is Nc1ccc([S@](=O)c2ccc(N(CCCl)CCCl)cc2)cc1. The van der Waals surface area contributed by atoms with Gasteiger partial charge in [0.25, 0.3) is 0 Å². The largest absolute Gasteiger partial charge is 0.399 e. The van der Waals surface area contributed by atoms with Crippen molar-refractivity contribution in [2.45, 2.75) is 9.79 Å². The fourth-order valence-electron chi connectivity index (χ4n) is 2.08.